The molecule has 1 aliphatic rings. The molecule has 0 aliphatic carbocycles. The Hall–Kier alpha value is -2.96. The van der Waals surface area contributed by atoms with E-state index in [9.17, 15) is 13.4 Å². The van der Waals surface area contributed by atoms with Crippen LogP contribution in [0.25, 0.3) is 5.57 Å². The lowest BCUT2D eigenvalue weighted by atomic mass is 9.92. The van der Waals surface area contributed by atoms with Gasteiger partial charge in [-0.1, -0.05) is 26.0 Å². The number of rotatable bonds is 7. The molecule has 1 aromatic carbocycles. The fraction of sp³-hybridized carbons (Fsp3) is 0.385. The van der Waals surface area contributed by atoms with E-state index in [1.54, 1.807) is 38.1 Å². The van der Waals surface area contributed by atoms with E-state index in [1.807, 2.05) is 27.7 Å². The molecule has 0 unspecified atom stereocenters. The van der Waals surface area contributed by atoms with E-state index < -0.39 is 13.4 Å². The number of benzene rings is 1. The summed E-state index contributed by atoms with van der Waals surface area (Å²) in [5.74, 6) is -0.409. The van der Waals surface area contributed by atoms with Gasteiger partial charge < -0.3 is 9.21 Å². The van der Waals surface area contributed by atoms with Gasteiger partial charge in [0.15, 0.2) is 0 Å². The van der Waals surface area contributed by atoms with Gasteiger partial charge in [0.2, 0.25) is 0 Å². The third kappa shape index (κ3) is 4.33. The average molecular weight is 452 g/mol. The van der Waals surface area contributed by atoms with Crippen molar-refractivity contribution in [3.63, 3.8) is 0 Å². The largest absolute Gasteiger partial charge is 0.677 e. The van der Waals surface area contributed by atoms with E-state index >= 15 is 0 Å². The van der Waals surface area contributed by atoms with Crippen LogP contribution in [-0.4, -0.2) is 30.2 Å². The number of ether oxygens (including phenoxy) is 1. The number of carbonyl (C=O) groups excluding carboxylic acids is 1. The predicted octanol–water partition coefficient (Wildman–Crippen LogP) is 6.58. The Bertz CT molecular complexity index is 1170. The maximum absolute atomic E-state index is 14.4. The second-order valence-corrected chi connectivity index (χ2v) is 8.21. The van der Waals surface area contributed by atoms with Crippen molar-refractivity contribution in [2.24, 2.45) is 4.99 Å². The maximum Gasteiger partial charge on any atom is 0.677 e. The highest BCUT2D eigenvalue weighted by molar-refractivity contribution is 6.41. The van der Waals surface area contributed by atoms with Crippen LogP contribution >= 0.6 is 0 Å². The number of allylic oxidation sites excluding steroid dienone is 2. The normalized spacial score (nSPS) is 15.1. The van der Waals surface area contributed by atoms with Crippen LogP contribution in [0.2, 0.25) is 0 Å². The molecule has 0 spiro atoms. The fourth-order valence-corrected chi connectivity index (χ4v) is 4.85. The number of esters is 1. The number of hydrogen-bond acceptors (Lipinski definition) is 3. The molecule has 2 aromatic rings. The molecule has 0 saturated carbocycles. The van der Waals surface area contributed by atoms with Crippen LogP contribution in [0, 0.1) is 13.8 Å². The topological polar surface area (TPSA) is 43.6 Å². The molecule has 0 bridgehead atoms. The first-order valence-corrected chi connectivity index (χ1v) is 11.4. The van der Waals surface area contributed by atoms with Crippen molar-refractivity contribution in [3.8, 4) is 0 Å². The lowest BCUT2D eigenvalue weighted by Gasteiger charge is -2.17. The molecule has 0 amide bonds. The van der Waals surface area contributed by atoms with E-state index in [0.717, 1.165) is 44.4 Å². The Morgan fingerprint density at radius 2 is 1.61 bits per heavy atom. The monoisotopic (exact) mass is 452 g/mol. The summed E-state index contributed by atoms with van der Waals surface area (Å²) in [6, 6.07) is 6.94. The minimum Gasteiger partial charge on any atom is -0.462 e. The zero-order valence-electron chi connectivity index (χ0n) is 20.5. The van der Waals surface area contributed by atoms with Crippen LogP contribution in [0.3, 0.4) is 0 Å². The van der Waals surface area contributed by atoms with Crippen molar-refractivity contribution in [1.82, 2.24) is 4.48 Å². The lowest BCUT2D eigenvalue weighted by Crippen LogP contribution is -2.18. The fourth-order valence-electron chi connectivity index (χ4n) is 4.85. The van der Waals surface area contributed by atoms with E-state index in [-0.39, 0.29) is 6.61 Å². The highest BCUT2D eigenvalue weighted by atomic mass is 19.2. The van der Waals surface area contributed by atoms with Gasteiger partial charge in [-0.05, 0) is 87.4 Å². The second kappa shape index (κ2) is 9.90. The molecule has 33 heavy (non-hydrogen) atoms. The Labute approximate surface area is 195 Å². The first kappa shape index (κ1) is 24.7. The van der Waals surface area contributed by atoms with Gasteiger partial charge in [-0.15, -0.1) is 0 Å². The van der Waals surface area contributed by atoms with Gasteiger partial charge in [-0.2, -0.15) is 0 Å². The summed E-state index contributed by atoms with van der Waals surface area (Å²) >= 11 is 0. The van der Waals surface area contributed by atoms with Crippen molar-refractivity contribution >= 4 is 24.7 Å². The van der Waals surface area contributed by atoms with Crippen molar-refractivity contribution < 1.29 is 18.2 Å². The Balaban J connectivity index is 2.37. The number of aromatic nitrogens is 1. The summed E-state index contributed by atoms with van der Waals surface area (Å²) in [6.45, 7) is 13.7. The van der Waals surface area contributed by atoms with E-state index in [4.69, 9.17) is 9.73 Å². The molecule has 3 rings (SSSR count). The molecule has 2 heterocycles. The van der Waals surface area contributed by atoms with Crippen LogP contribution in [-0.2, 0) is 11.2 Å². The Kier molecular flexibility index (Phi) is 7.40. The number of hydrogen-bond donors (Lipinski definition) is 0. The van der Waals surface area contributed by atoms with Gasteiger partial charge >= 0.3 is 13.4 Å². The number of aliphatic imine (C=N–C) groups is 1. The molecule has 0 radical (unpaired) electrons. The van der Waals surface area contributed by atoms with Gasteiger partial charge in [0.05, 0.1) is 17.9 Å². The Morgan fingerprint density at radius 3 is 2.09 bits per heavy atom. The first-order chi connectivity index (χ1) is 15.7. The van der Waals surface area contributed by atoms with E-state index in [2.05, 4.69) is 6.92 Å². The summed E-state index contributed by atoms with van der Waals surface area (Å²) < 4.78 is 35.0. The highest BCUT2D eigenvalue weighted by Crippen LogP contribution is 2.40. The molecule has 1 aromatic heterocycles. The van der Waals surface area contributed by atoms with Crippen molar-refractivity contribution in [2.75, 3.05) is 6.61 Å². The average Bonchev–Trinajstić information content (AvgIpc) is 3.20. The summed E-state index contributed by atoms with van der Waals surface area (Å²) in [5, 5.41) is 0. The number of halogens is 2. The van der Waals surface area contributed by atoms with E-state index in [1.165, 1.54) is 0 Å². The predicted molar refractivity (Wildman–Crippen MR) is 131 cm³/mol. The molecule has 174 valence electrons. The molecule has 0 atom stereocenters. The zero-order valence-corrected chi connectivity index (χ0v) is 20.5. The second-order valence-electron chi connectivity index (χ2n) is 8.21. The van der Waals surface area contributed by atoms with Gasteiger partial charge in [-0.25, -0.2) is 4.79 Å². The Morgan fingerprint density at radius 1 is 1.00 bits per heavy atom. The molecule has 7 heteroatoms. The zero-order chi connectivity index (χ0) is 24.4. The quantitative estimate of drug-likeness (QED) is 0.352. The molecular weight excluding hydrogens is 421 g/mol. The van der Waals surface area contributed by atoms with Crippen LogP contribution in [0.4, 0.5) is 8.63 Å². The molecular formula is C26H31BF2N2O2. The van der Waals surface area contributed by atoms with Crippen molar-refractivity contribution in [3.05, 3.63) is 74.8 Å². The van der Waals surface area contributed by atoms with Gasteiger partial charge in [-0.3, -0.25) is 13.6 Å². The third-order valence-corrected chi connectivity index (χ3v) is 6.43. The summed E-state index contributed by atoms with van der Waals surface area (Å²) in [6.07, 6.45) is 1.47. The SMILES string of the molecule is CCOC(=O)c1ccc(/C(=C2/N=C(C)C(CC)=C2C)c2c(C)c(CC)c(C)n2B(F)F)cc1. The van der Waals surface area contributed by atoms with Gasteiger partial charge in [0, 0.05) is 22.7 Å². The molecule has 0 saturated heterocycles. The third-order valence-electron chi connectivity index (χ3n) is 6.43. The maximum atomic E-state index is 14.4. The summed E-state index contributed by atoms with van der Waals surface area (Å²) in [7, 11) is -2.69. The van der Waals surface area contributed by atoms with Crippen molar-refractivity contribution in [2.45, 2.75) is 61.3 Å². The minimum atomic E-state index is -2.69. The van der Waals surface area contributed by atoms with Crippen LogP contribution < -0.4 is 0 Å². The number of nitrogens with zero attached hydrogens (tertiary/aromatic N) is 2. The van der Waals surface area contributed by atoms with Crippen LogP contribution in [0.5, 0.6) is 0 Å². The van der Waals surface area contributed by atoms with Crippen molar-refractivity contribution in [1.29, 1.82) is 0 Å². The molecule has 0 N–H and O–H groups in total. The minimum absolute atomic E-state index is 0.286. The smallest absolute Gasteiger partial charge is 0.462 e. The van der Waals surface area contributed by atoms with E-state index in [0.29, 0.717) is 34.6 Å². The molecule has 1 aliphatic heterocycles. The highest BCUT2D eigenvalue weighted by Gasteiger charge is 2.32. The van der Waals surface area contributed by atoms with Gasteiger partial charge in [0.25, 0.3) is 0 Å². The standard InChI is InChI=1S/C26H31BF2N2O2/c1-8-21-15(4)24(30-17(21)6)23(19-11-13-20(14-12-19)26(32)33-10-3)25-16(5)22(9-2)18(7)31(25)27(28)29/h11-14H,8-10H2,1-7H3/b24-23-. The van der Waals surface area contributed by atoms with Crippen LogP contribution in [0.1, 0.15) is 79.5 Å². The summed E-state index contributed by atoms with van der Waals surface area (Å²) in [4.78, 5) is 17.0. The molecule has 4 nitrogen and oxygen atoms in total. The number of carbonyl (C=O) groups is 1. The summed E-state index contributed by atoms with van der Waals surface area (Å²) in [5.41, 5.74) is 8.35. The first-order valence-electron chi connectivity index (χ1n) is 11.4. The lowest BCUT2D eigenvalue weighted by molar-refractivity contribution is 0.0526. The van der Waals surface area contributed by atoms with Gasteiger partial charge in [0.1, 0.15) is 0 Å². The molecule has 0 fully saturated rings. The van der Waals surface area contributed by atoms with Crippen LogP contribution in [0.15, 0.2) is 46.1 Å².